The molecular weight excluding hydrogens is 258 g/mol. The summed E-state index contributed by atoms with van der Waals surface area (Å²) in [5.41, 5.74) is 12.3. The Kier molecular flexibility index (Phi) is 2.53. The van der Waals surface area contributed by atoms with Gasteiger partial charge in [0.25, 0.3) is 0 Å². The third-order valence-electron chi connectivity index (χ3n) is 1.78. The van der Waals surface area contributed by atoms with E-state index in [9.17, 15) is 0 Å². The average molecular weight is 280 g/mol. The first-order valence-corrected chi connectivity index (χ1v) is 12.6. The van der Waals surface area contributed by atoms with E-state index < -0.39 is 12.4 Å². The van der Waals surface area contributed by atoms with Gasteiger partial charge in [-0.15, -0.1) is 12.4 Å². The fraction of sp³-hybridized carbons (Fsp3) is 0.600. The Morgan fingerprint density at radius 1 is 1.08 bits per heavy atom. The molecule has 2 heteroatoms. The molecule has 0 unspecified atom stereocenters. The first-order valence-electron chi connectivity index (χ1n) is 3.55. The van der Waals surface area contributed by atoms with Gasteiger partial charge >= 0.3 is 68.8 Å². The molecule has 0 aromatic carbocycles. The van der Waals surface area contributed by atoms with Gasteiger partial charge in [-0.05, 0) is 0 Å². The van der Waals surface area contributed by atoms with Gasteiger partial charge in [0.2, 0.25) is 0 Å². The van der Waals surface area contributed by atoms with Gasteiger partial charge in [-0.1, -0.05) is 0 Å². The van der Waals surface area contributed by atoms with Crippen molar-refractivity contribution in [3.63, 3.8) is 0 Å². The zero-order valence-electron chi connectivity index (χ0n) is 8.68. The second-order valence-corrected chi connectivity index (χ2v) is 26.9. The standard InChI is InChI=1S/C5H5.5CH3.ClH.Rh/c1-2-4-5-3-1;;;;;;;/h1-3H,4H2;5*1H3;1H;. The maximum atomic E-state index is 2.47. The molecule has 0 aromatic heterocycles. The van der Waals surface area contributed by atoms with Crippen molar-refractivity contribution in [2.45, 2.75) is 34.0 Å². The molecule has 0 heterocycles. The summed E-state index contributed by atoms with van der Waals surface area (Å²) in [7, 11) is 0. The SMILES string of the molecule is Cl.[CH3][Rh]([CH3])([CH3])([CH3])([CH3])[C]1=CC=CC1. The molecule has 0 nitrogen and oxygen atoms in total. The molecule has 0 N–H and O–H groups in total. The molecule has 0 spiro atoms. The van der Waals surface area contributed by atoms with Gasteiger partial charge < -0.3 is 0 Å². The average Bonchev–Trinajstić information content (AvgIpc) is 2.01. The fourth-order valence-corrected chi connectivity index (χ4v) is 4.42. The fourth-order valence-electron chi connectivity index (χ4n) is 1.03. The molecule has 1 rings (SSSR count). The molecule has 0 radical (unpaired) electrons. The third kappa shape index (κ3) is 3.03. The number of halogens is 1. The summed E-state index contributed by atoms with van der Waals surface area (Å²) in [6.45, 7) is 0. The molecule has 0 aromatic rings. The topological polar surface area (TPSA) is 0 Å². The zero-order valence-corrected chi connectivity index (χ0v) is 11.1. The van der Waals surface area contributed by atoms with Crippen LogP contribution in [-0.4, -0.2) is 0 Å². The van der Waals surface area contributed by atoms with Crippen LogP contribution in [0.3, 0.4) is 0 Å². The predicted octanol–water partition coefficient (Wildman–Crippen LogP) is 4.72. The Labute approximate surface area is 81.2 Å². The molecule has 77 valence electrons. The van der Waals surface area contributed by atoms with Crippen LogP contribution in [0.15, 0.2) is 22.4 Å². The van der Waals surface area contributed by atoms with Crippen molar-refractivity contribution in [2.75, 3.05) is 0 Å². The number of rotatable bonds is 1. The van der Waals surface area contributed by atoms with Gasteiger partial charge in [0.05, 0.1) is 0 Å². The van der Waals surface area contributed by atoms with E-state index in [-0.39, 0.29) is 12.4 Å². The van der Waals surface area contributed by atoms with Crippen LogP contribution in [-0.2, 0) is 12.4 Å². The van der Waals surface area contributed by atoms with Crippen molar-refractivity contribution < 1.29 is 12.4 Å². The Morgan fingerprint density at radius 3 is 1.75 bits per heavy atom. The van der Waals surface area contributed by atoms with Crippen LogP contribution in [0.25, 0.3) is 0 Å². The van der Waals surface area contributed by atoms with Crippen molar-refractivity contribution in [1.82, 2.24) is 0 Å². The van der Waals surface area contributed by atoms with Crippen molar-refractivity contribution in [3.05, 3.63) is 22.4 Å². The van der Waals surface area contributed by atoms with Crippen LogP contribution in [0.4, 0.5) is 0 Å². The van der Waals surface area contributed by atoms with Gasteiger partial charge in [-0.25, -0.2) is 0 Å². The van der Waals surface area contributed by atoms with E-state index >= 15 is 0 Å². The van der Waals surface area contributed by atoms with Crippen LogP contribution < -0.4 is 0 Å². The molecule has 0 saturated heterocycles. The molecule has 1 aliphatic rings. The van der Waals surface area contributed by atoms with E-state index in [0.29, 0.717) is 0 Å². The van der Waals surface area contributed by atoms with E-state index in [0.717, 1.165) is 0 Å². The summed E-state index contributed by atoms with van der Waals surface area (Å²) >= 11 is -2.40. The van der Waals surface area contributed by atoms with Gasteiger partial charge in [0.1, 0.15) is 0 Å². The first-order chi connectivity index (χ1) is 4.59. The summed E-state index contributed by atoms with van der Waals surface area (Å²) in [6, 6.07) is 0. The summed E-state index contributed by atoms with van der Waals surface area (Å²) in [4.78, 5) is 0. The molecule has 0 amide bonds. The monoisotopic (exact) mass is 279 g/mol. The van der Waals surface area contributed by atoms with E-state index in [2.05, 4.69) is 45.8 Å². The number of allylic oxidation sites excluding steroid dienone is 4. The van der Waals surface area contributed by atoms with Crippen molar-refractivity contribution >= 4 is 12.4 Å². The van der Waals surface area contributed by atoms with E-state index in [4.69, 9.17) is 0 Å². The normalized spacial score (nSPS) is 22.2. The van der Waals surface area contributed by atoms with Crippen LogP contribution >= 0.6 is 12.4 Å². The van der Waals surface area contributed by atoms with Crippen molar-refractivity contribution in [3.8, 4) is 0 Å². The molecule has 0 fully saturated rings. The molecule has 0 bridgehead atoms. The summed E-state index contributed by atoms with van der Waals surface area (Å²) in [5.74, 6) is 0. The van der Waals surface area contributed by atoms with Gasteiger partial charge in [-0.3, -0.25) is 0 Å². The van der Waals surface area contributed by atoms with Crippen LogP contribution in [0.2, 0.25) is 27.6 Å². The Morgan fingerprint density at radius 2 is 1.58 bits per heavy atom. The molecule has 0 aliphatic heterocycles. The van der Waals surface area contributed by atoms with Crippen LogP contribution in [0.5, 0.6) is 0 Å². The third-order valence-corrected chi connectivity index (χ3v) is 7.65. The predicted molar refractivity (Wildman–Crippen MR) is 58.4 cm³/mol. The van der Waals surface area contributed by atoms with Gasteiger partial charge in [0, 0.05) is 0 Å². The summed E-state index contributed by atoms with van der Waals surface area (Å²) in [6.07, 6.45) is 7.96. The first kappa shape index (κ1) is 12.4. The number of hydrogen-bond donors (Lipinski definition) is 0. The van der Waals surface area contributed by atoms with Crippen molar-refractivity contribution in [1.29, 1.82) is 0 Å². The zero-order chi connectivity index (χ0) is 8.81. The Hall–Kier alpha value is 0.393. The van der Waals surface area contributed by atoms with Crippen LogP contribution in [0, 0.1) is 0 Å². The Bertz CT molecular complexity index is 237. The van der Waals surface area contributed by atoms with Gasteiger partial charge in [-0.2, -0.15) is 0 Å². The summed E-state index contributed by atoms with van der Waals surface area (Å²) < 4.78 is 1.68. The molecular formula is C10H21ClRh. The maximum absolute atomic E-state index is 2.47. The quantitative estimate of drug-likeness (QED) is 0.609. The van der Waals surface area contributed by atoms with Crippen LogP contribution in [0.1, 0.15) is 6.42 Å². The van der Waals surface area contributed by atoms with Crippen molar-refractivity contribution in [2.24, 2.45) is 0 Å². The van der Waals surface area contributed by atoms with E-state index in [1.54, 1.807) is 4.17 Å². The minimum atomic E-state index is -2.40. The molecule has 12 heavy (non-hydrogen) atoms. The second-order valence-electron chi connectivity index (χ2n) is 5.38. The molecule has 0 saturated carbocycles. The molecule has 0 atom stereocenters. The second kappa shape index (κ2) is 2.45. The minimum absolute atomic E-state index is 0. The number of hydrogen-bond acceptors (Lipinski definition) is 0. The summed E-state index contributed by atoms with van der Waals surface area (Å²) in [5, 5.41) is 0. The molecule has 1 aliphatic carbocycles. The van der Waals surface area contributed by atoms with Gasteiger partial charge in [0.15, 0.2) is 0 Å². The Balaban J connectivity index is 0.00000121. The van der Waals surface area contributed by atoms with E-state index in [1.807, 2.05) is 0 Å². The van der Waals surface area contributed by atoms with E-state index in [1.165, 1.54) is 6.42 Å².